The van der Waals surface area contributed by atoms with Crippen molar-refractivity contribution in [3.8, 4) is 0 Å². The highest BCUT2D eigenvalue weighted by Gasteiger charge is 2.26. The zero-order valence-corrected chi connectivity index (χ0v) is 17.4. The van der Waals surface area contributed by atoms with E-state index in [9.17, 15) is 0 Å². The normalized spacial score (nSPS) is 25.0. The van der Waals surface area contributed by atoms with E-state index < -0.39 is 0 Å². The number of aryl methyl sites for hydroxylation is 1. The Morgan fingerprint density at radius 1 is 1.14 bits per heavy atom. The molecule has 156 valence electrons. The van der Waals surface area contributed by atoms with Gasteiger partial charge in [-0.25, -0.2) is 4.99 Å². The molecular weight excluding hydrogens is 354 g/mol. The first-order chi connectivity index (χ1) is 13.7. The molecule has 28 heavy (non-hydrogen) atoms. The number of aliphatic imine (C=N–C) groups is 1. The van der Waals surface area contributed by atoms with Crippen molar-refractivity contribution in [3.05, 3.63) is 11.6 Å². The van der Waals surface area contributed by atoms with Crippen molar-refractivity contribution in [2.24, 2.45) is 18.0 Å². The number of ether oxygens (including phenoxy) is 1. The lowest BCUT2D eigenvalue weighted by Gasteiger charge is -2.38. The van der Waals surface area contributed by atoms with Crippen LogP contribution in [0.15, 0.2) is 4.99 Å². The summed E-state index contributed by atoms with van der Waals surface area (Å²) in [5, 5.41) is 12.2. The third kappa shape index (κ3) is 4.84. The molecule has 1 aromatic rings. The van der Waals surface area contributed by atoms with Crippen LogP contribution in [0, 0.1) is 12.8 Å². The zero-order chi connectivity index (χ0) is 19.3. The standard InChI is InChI=1S/C20H35N7O/c1-16-23-24-19(25(16)2)13-21-20(22-18-5-3-4-6-18)27-10-8-26(9-11-27)14-17-7-12-28-15-17/h17-18H,3-15H2,1-2H3,(H,21,22). The molecule has 1 saturated carbocycles. The molecule has 3 aliphatic rings. The first kappa shape index (κ1) is 19.6. The van der Waals surface area contributed by atoms with Crippen LogP contribution in [-0.4, -0.2) is 82.5 Å². The summed E-state index contributed by atoms with van der Waals surface area (Å²) in [6.07, 6.45) is 6.37. The highest BCUT2D eigenvalue weighted by Crippen LogP contribution is 2.19. The van der Waals surface area contributed by atoms with E-state index in [2.05, 4.69) is 25.3 Å². The predicted octanol–water partition coefficient (Wildman–Crippen LogP) is 1.17. The highest BCUT2D eigenvalue weighted by atomic mass is 16.5. The van der Waals surface area contributed by atoms with Gasteiger partial charge in [-0.15, -0.1) is 10.2 Å². The number of aromatic nitrogens is 3. The molecule has 8 heteroatoms. The van der Waals surface area contributed by atoms with Crippen molar-refractivity contribution in [1.29, 1.82) is 0 Å². The second kappa shape index (κ2) is 9.22. The van der Waals surface area contributed by atoms with Crippen LogP contribution in [0.1, 0.15) is 43.8 Å². The minimum atomic E-state index is 0.564. The smallest absolute Gasteiger partial charge is 0.194 e. The van der Waals surface area contributed by atoms with Gasteiger partial charge in [0.1, 0.15) is 12.4 Å². The quantitative estimate of drug-likeness (QED) is 0.602. The van der Waals surface area contributed by atoms with Crippen LogP contribution in [0.2, 0.25) is 0 Å². The highest BCUT2D eigenvalue weighted by molar-refractivity contribution is 5.80. The fourth-order valence-electron chi connectivity index (χ4n) is 4.46. The SMILES string of the molecule is Cc1nnc(CN=C(NC2CCCC2)N2CCN(CC3CCOC3)CC2)n1C. The second-order valence-corrected chi connectivity index (χ2v) is 8.51. The monoisotopic (exact) mass is 389 g/mol. The molecule has 0 spiro atoms. The number of nitrogens with one attached hydrogen (secondary N) is 1. The van der Waals surface area contributed by atoms with Gasteiger partial charge in [-0.05, 0) is 32.1 Å². The van der Waals surface area contributed by atoms with Crippen LogP contribution < -0.4 is 5.32 Å². The number of guanidine groups is 1. The van der Waals surface area contributed by atoms with Gasteiger partial charge in [-0.2, -0.15) is 0 Å². The lowest BCUT2D eigenvalue weighted by Crippen LogP contribution is -2.54. The lowest BCUT2D eigenvalue weighted by molar-refractivity contribution is 0.139. The number of rotatable bonds is 5. The van der Waals surface area contributed by atoms with Gasteiger partial charge in [-0.3, -0.25) is 4.90 Å². The Morgan fingerprint density at radius 3 is 2.57 bits per heavy atom. The van der Waals surface area contributed by atoms with Crippen molar-refractivity contribution in [2.45, 2.75) is 51.6 Å². The van der Waals surface area contributed by atoms with Crippen molar-refractivity contribution in [3.63, 3.8) is 0 Å². The van der Waals surface area contributed by atoms with Crippen LogP contribution in [0.3, 0.4) is 0 Å². The molecular formula is C20H35N7O. The Labute approximate surface area is 168 Å². The molecule has 3 heterocycles. The Balaban J connectivity index is 1.37. The summed E-state index contributed by atoms with van der Waals surface area (Å²) in [7, 11) is 2.01. The van der Waals surface area contributed by atoms with Crippen LogP contribution in [0.25, 0.3) is 0 Å². The molecule has 0 amide bonds. The van der Waals surface area contributed by atoms with E-state index in [0.29, 0.717) is 12.6 Å². The molecule has 2 aliphatic heterocycles. The molecule has 4 rings (SSSR count). The molecule has 1 aliphatic carbocycles. The fourth-order valence-corrected chi connectivity index (χ4v) is 4.46. The Kier molecular flexibility index (Phi) is 6.47. The zero-order valence-electron chi connectivity index (χ0n) is 17.4. The van der Waals surface area contributed by atoms with Crippen LogP contribution >= 0.6 is 0 Å². The minimum Gasteiger partial charge on any atom is -0.381 e. The maximum Gasteiger partial charge on any atom is 0.194 e. The predicted molar refractivity (Wildman–Crippen MR) is 109 cm³/mol. The summed E-state index contributed by atoms with van der Waals surface area (Å²) >= 11 is 0. The molecule has 1 atom stereocenters. The summed E-state index contributed by atoms with van der Waals surface area (Å²) < 4.78 is 7.56. The van der Waals surface area contributed by atoms with Crippen LogP contribution in [-0.2, 0) is 18.3 Å². The summed E-state index contributed by atoms with van der Waals surface area (Å²) in [4.78, 5) is 9.98. The van der Waals surface area contributed by atoms with E-state index in [0.717, 1.165) is 62.9 Å². The molecule has 1 N–H and O–H groups in total. The van der Waals surface area contributed by atoms with Crippen molar-refractivity contribution in [2.75, 3.05) is 45.9 Å². The summed E-state index contributed by atoms with van der Waals surface area (Å²) in [6, 6.07) is 0.564. The molecule has 1 aromatic heterocycles. The van der Waals surface area contributed by atoms with E-state index in [1.807, 2.05) is 18.5 Å². The average Bonchev–Trinajstić information content (AvgIpc) is 3.46. The molecule has 1 unspecified atom stereocenters. The molecule has 0 aromatic carbocycles. The van der Waals surface area contributed by atoms with Gasteiger partial charge in [0, 0.05) is 52.4 Å². The average molecular weight is 390 g/mol. The number of nitrogens with zero attached hydrogens (tertiary/aromatic N) is 6. The van der Waals surface area contributed by atoms with Gasteiger partial charge in [0.25, 0.3) is 0 Å². The number of hydrogen-bond acceptors (Lipinski definition) is 5. The number of piperazine rings is 1. The van der Waals surface area contributed by atoms with E-state index in [1.54, 1.807) is 0 Å². The summed E-state index contributed by atoms with van der Waals surface area (Å²) in [5.41, 5.74) is 0. The topological polar surface area (TPSA) is 70.8 Å². The molecule has 0 radical (unpaired) electrons. The maximum atomic E-state index is 5.54. The summed E-state index contributed by atoms with van der Waals surface area (Å²) in [6.45, 7) is 9.87. The minimum absolute atomic E-state index is 0.564. The van der Waals surface area contributed by atoms with Gasteiger partial charge in [0.05, 0.1) is 6.61 Å². The third-order valence-electron chi connectivity index (χ3n) is 6.45. The Bertz CT molecular complexity index is 654. The van der Waals surface area contributed by atoms with Crippen molar-refractivity contribution >= 4 is 5.96 Å². The van der Waals surface area contributed by atoms with Gasteiger partial charge >= 0.3 is 0 Å². The van der Waals surface area contributed by atoms with Crippen molar-refractivity contribution < 1.29 is 4.74 Å². The van der Waals surface area contributed by atoms with Gasteiger partial charge < -0.3 is 19.5 Å². The van der Waals surface area contributed by atoms with E-state index >= 15 is 0 Å². The maximum absolute atomic E-state index is 5.54. The fraction of sp³-hybridized carbons (Fsp3) is 0.850. The number of hydrogen-bond donors (Lipinski definition) is 1. The van der Waals surface area contributed by atoms with E-state index in [1.165, 1.54) is 38.6 Å². The van der Waals surface area contributed by atoms with Crippen molar-refractivity contribution in [1.82, 2.24) is 29.9 Å². The molecule has 3 fully saturated rings. The van der Waals surface area contributed by atoms with Crippen LogP contribution in [0.5, 0.6) is 0 Å². The first-order valence-electron chi connectivity index (χ1n) is 10.9. The van der Waals surface area contributed by atoms with E-state index in [-0.39, 0.29) is 0 Å². The van der Waals surface area contributed by atoms with Crippen LogP contribution in [0.4, 0.5) is 0 Å². The molecule has 0 bridgehead atoms. The second-order valence-electron chi connectivity index (χ2n) is 8.51. The van der Waals surface area contributed by atoms with Gasteiger partial charge in [0.15, 0.2) is 11.8 Å². The first-order valence-corrected chi connectivity index (χ1v) is 10.9. The van der Waals surface area contributed by atoms with Gasteiger partial charge in [0.2, 0.25) is 0 Å². The largest absolute Gasteiger partial charge is 0.381 e. The Morgan fingerprint density at radius 2 is 1.93 bits per heavy atom. The molecule has 2 saturated heterocycles. The molecule has 8 nitrogen and oxygen atoms in total. The summed E-state index contributed by atoms with van der Waals surface area (Å²) in [5.74, 6) is 3.62. The Hall–Kier alpha value is -1.67. The third-order valence-corrected chi connectivity index (χ3v) is 6.45. The lowest BCUT2D eigenvalue weighted by atomic mass is 10.1. The van der Waals surface area contributed by atoms with E-state index in [4.69, 9.17) is 9.73 Å². The van der Waals surface area contributed by atoms with Gasteiger partial charge in [-0.1, -0.05) is 12.8 Å².